The van der Waals surface area contributed by atoms with E-state index >= 15 is 0 Å². The van der Waals surface area contributed by atoms with Crippen LogP contribution in [0.2, 0.25) is 0 Å². The molecule has 6 heteroatoms. The fourth-order valence-corrected chi connectivity index (χ4v) is 2.45. The van der Waals surface area contributed by atoms with Gasteiger partial charge in [0.1, 0.15) is 5.75 Å². The quantitative estimate of drug-likeness (QED) is 0.767. The van der Waals surface area contributed by atoms with Crippen molar-refractivity contribution < 1.29 is 14.6 Å². The highest BCUT2D eigenvalue weighted by Crippen LogP contribution is 2.25. The molecule has 0 unspecified atom stereocenters. The van der Waals surface area contributed by atoms with Crippen molar-refractivity contribution in [3.05, 3.63) is 59.9 Å². The summed E-state index contributed by atoms with van der Waals surface area (Å²) in [5, 5.41) is 13.8. The van der Waals surface area contributed by atoms with E-state index in [1.54, 1.807) is 30.0 Å². The van der Waals surface area contributed by atoms with E-state index in [0.717, 1.165) is 11.3 Å². The summed E-state index contributed by atoms with van der Waals surface area (Å²) in [5.74, 6) is 1.30. The number of ether oxygens (including phenoxy) is 1. The Morgan fingerprint density at radius 3 is 2.48 bits per heavy atom. The summed E-state index contributed by atoms with van der Waals surface area (Å²) in [6, 6.07) is 14.2. The molecular weight excluding hydrogens is 318 g/mol. The largest absolute Gasteiger partial charge is 0.497 e. The lowest BCUT2D eigenvalue weighted by Crippen LogP contribution is -2.03. The molecule has 0 bridgehead atoms. The van der Waals surface area contributed by atoms with Crippen molar-refractivity contribution in [2.75, 3.05) is 7.11 Å². The normalized spacial score (nSPS) is 10.9. The van der Waals surface area contributed by atoms with Crippen LogP contribution in [0.1, 0.15) is 35.9 Å². The van der Waals surface area contributed by atoms with Crippen LogP contribution >= 0.6 is 0 Å². The van der Waals surface area contributed by atoms with Gasteiger partial charge in [-0.2, -0.15) is 5.10 Å². The number of hydrogen-bond acceptors (Lipinski definition) is 4. The number of benzene rings is 2. The molecule has 0 amide bonds. The summed E-state index contributed by atoms with van der Waals surface area (Å²) < 4.78 is 6.88. The molecule has 0 atom stereocenters. The van der Waals surface area contributed by atoms with Gasteiger partial charge in [-0.15, -0.1) is 0 Å². The lowest BCUT2D eigenvalue weighted by atomic mass is 10.1. The van der Waals surface area contributed by atoms with Gasteiger partial charge in [0.25, 0.3) is 0 Å². The van der Waals surface area contributed by atoms with Gasteiger partial charge in [-0.3, -0.25) is 0 Å². The Hall–Kier alpha value is -3.15. The second-order valence-electron chi connectivity index (χ2n) is 5.94. The van der Waals surface area contributed by atoms with Crippen molar-refractivity contribution in [1.82, 2.24) is 14.8 Å². The second kappa shape index (κ2) is 6.76. The van der Waals surface area contributed by atoms with Gasteiger partial charge in [-0.05, 0) is 42.5 Å². The van der Waals surface area contributed by atoms with Crippen LogP contribution in [-0.4, -0.2) is 33.0 Å². The molecule has 1 N–H and O–H groups in total. The van der Waals surface area contributed by atoms with Crippen LogP contribution in [0.15, 0.2) is 48.5 Å². The molecule has 0 fully saturated rings. The number of hydrogen-bond donors (Lipinski definition) is 1. The van der Waals surface area contributed by atoms with E-state index in [2.05, 4.69) is 10.1 Å². The maximum Gasteiger partial charge on any atom is 0.335 e. The number of rotatable bonds is 5. The lowest BCUT2D eigenvalue weighted by molar-refractivity contribution is 0.0697. The predicted molar refractivity (Wildman–Crippen MR) is 94.4 cm³/mol. The van der Waals surface area contributed by atoms with Crippen molar-refractivity contribution in [2.24, 2.45) is 0 Å². The van der Waals surface area contributed by atoms with Crippen LogP contribution < -0.4 is 4.74 Å². The zero-order valence-corrected chi connectivity index (χ0v) is 14.3. The SMILES string of the molecule is COc1ccc(-c2nc(C(C)C)nn2-c2cccc(C(=O)O)c2)cc1. The van der Waals surface area contributed by atoms with E-state index in [1.807, 2.05) is 44.2 Å². The van der Waals surface area contributed by atoms with E-state index in [1.165, 1.54) is 0 Å². The number of aromatic carboxylic acids is 1. The van der Waals surface area contributed by atoms with Gasteiger partial charge in [0.2, 0.25) is 0 Å². The average Bonchev–Trinajstić information content (AvgIpc) is 3.07. The molecule has 3 rings (SSSR count). The molecule has 0 aliphatic carbocycles. The van der Waals surface area contributed by atoms with E-state index in [-0.39, 0.29) is 11.5 Å². The van der Waals surface area contributed by atoms with Gasteiger partial charge < -0.3 is 9.84 Å². The number of aromatic nitrogens is 3. The highest BCUT2D eigenvalue weighted by atomic mass is 16.5. The Labute approximate surface area is 145 Å². The molecule has 0 saturated heterocycles. The number of nitrogens with zero attached hydrogens (tertiary/aromatic N) is 3. The number of methoxy groups -OCH3 is 1. The topological polar surface area (TPSA) is 77.2 Å². The average molecular weight is 337 g/mol. The van der Waals surface area contributed by atoms with Gasteiger partial charge in [-0.25, -0.2) is 14.5 Å². The van der Waals surface area contributed by atoms with E-state index in [0.29, 0.717) is 17.3 Å². The summed E-state index contributed by atoms with van der Waals surface area (Å²) in [7, 11) is 1.62. The summed E-state index contributed by atoms with van der Waals surface area (Å²) in [5.41, 5.74) is 1.74. The molecule has 3 aromatic rings. The molecule has 1 heterocycles. The Kier molecular flexibility index (Phi) is 4.52. The maximum atomic E-state index is 11.3. The maximum absolute atomic E-state index is 11.3. The van der Waals surface area contributed by atoms with Crippen molar-refractivity contribution in [2.45, 2.75) is 19.8 Å². The molecule has 128 valence electrons. The minimum absolute atomic E-state index is 0.154. The third-order valence-corrected chi connectivity index (χ3v) is 3.83. The van der Waals surface area contributed by atoms with Crippen LogP contribution in [0.4, 0.5) is 0 Å². The minimum Gasteiger partial charge on any atom is -0.497 e. The zero-order valence-electron chi connectivity index (χ0n) is 14.3. The van der Waals surface area contributed by atoms with Gasteiger partial charge in [0.15, 0.2) is 11.6 Å². The van der Waals surface area contributed by atoms with Crippen molar-refractivity contribution in [3.63, 3.8) is 0 Å². The molecule has 0 aliphatic heterocycles. The van der Waals surface area contributed by atoms with E-state index in [4.69, 9.17) is 4.74 Å². The fourth-order valence-electron chi connectivity index (χ4n) is 2.45. The lowest BCUT2D eigenvalue weighted by Gasteiger charge is -2.07. The molecular formula is C19H19N3O3. The highest BCUT2D eigenvalue weighted by Gasteiger charge is 2.16. The number of carboxylic acids is 1. The summed E-state index contributed by atoms with van der Waals surface area (Å²) in [6.07, 6.45) is 0. The molecule has 6 nitrogen and oxygen atoms in total. The fraction of sp³-hybridized carbons (Fsp3) is 0.211. The summed E-state index contributed by atoms with van der Waals surface area (Å²) in [4.78, 5) is 15.9. The van der Waals surface area contributed by atoms with Gasteiger partial charge in [0, 0.05) is 11.5 Å². The first-order valence-electron chi connectivity index (χ1n) is 7.94. The van der Waals surface area contributed by atoms with Crippen molar-refractivity contribution >= 4 is 5.97 Å². The molecule has 0 spiro atoms. The molecule has 0 radical (unpaired) electrons. The van der Waals surface area contributed by atoms with Gasteiger partial charge in [0.05, 0.1) is 18.4 Å². The number of carboxylic acid groups (broad SMARTS) is 1. The first-order valence-corrected chi connectivity index (χ1v) is 7.94. The Morgan fingerprint density at radius 2 is 1.88 bits per heavy atom. The zero-order chi connectivity index (χ0) is 18.0. The number of carbonyl (C=O) groups is 1. The van der Waals surface area contributed by atoms with E-state index in [9.17, 15) is 9.90 Å². The molecule has 0 saturated carbocycles. The van der Waals surface area contributed by atoms with Crippen LogP contribution in [-0.2, 0) is 0 Å². The Morgan fingerprint density at radius 1 is 1.16 bits per heavy atom. The van der Waals surface area contributed by atoms with Crippen molar-refractivity contribution in [3.8, 4) is 22.8 Å². The van der Waals surface area contributed by atoms with Gasteiger partial charge in [-0.1, -0.05) is 19.9 Å². The molecule has 2 aromatic carbocycles. The van der Waals surface area contributed by atoms with Crippen molar-refractivity contribution in [1.29, 1.82) is 0 Å². The summed E-state index contributed by atoms with van der Waals surface area (Å²) in [6.45, 7) is 4.04. The smallest absolute Gasteiger partial charge is 0.335 e. The van der Waals surface area contributed by atoms with Gasteiger partial charge >= 0.3 is 5.97 Å². The monoisotopic (exact) mass is 337 g/mol. The Balaban J connectivity index is 2.14. The molecule has 0 aliphatic rings. The minimum atomic E-state index is -0.975. The predicted octanol–water partition coefficient (Wildman–Crippen LogP) is 3.76. The van der Waals surface area contributed by atoms with Crippen LogP contribution in [0.5, 0.6) is 5.75 Å². The highest BCUT2D eigenvalue weighted by molar-refractivity contribution is 5.88. The first-order chi connectivity index (χ1) is 12.0. The second-order valence-corrected chi connectivity index (χ2v) is 5.94. The van der Waals surface area contributed by atoms with Crippen LogP contribution in [0, 0.1) is 0 Å². The van der Waals surface area contributed by atoms with Crippen LogP contribution in [0.3, 0.4) is 0 Å². The van der Waals surface area contributed by atoms with Crippen LogP contribution in [0.25, 0.3) is 17.1 Å². The summed E-state index contributed by atoms with van der Waals surface area (Å²) >= 11 is 0. The third kappa shape index (κ3) is 3.38. The third-order valence-electron chi connectivity index (χ3n) is 3.83. The first kappa shape index (κ1) is 16.7. The van der Waals surface area contributed by atoms with E-state index < -0.39 is 5.97 Å². The molecule has 1 aromatic heterocycles. The Bertz CT molecular complexity index is 899. The standard InChI is InChI=1S/C19H19N3O3/c1-12(2)17-20-18(13-7-9-16(25-3)10-8-13)22(21-17)15-6-4-5-14(11-15)19(23)24/h4-12H,1-3H3,(H,23,24). The molecule has 25 heavy (non-hydrogen) atoms.